The van der Waals surface area contributed by atoms with Crippen molar-refractivity contribution in [3.63, 3.8) is 0 Å². The zero-order valence-electron chi connectivity index (χ0n) is 19.9. The first-order valence-corrected chi connectivity index (χ1v) is 11.7. The fraction of sp³-hybridized carbons (Fsp3) is 0.192. The summed E-state index contributed by atoms with van der Waals surface area (Å²) in [5.74, 6) is 0.0796. The van der Waals surface area contributed by atoms with Crippen molar-refractivity contribution in [3.05, 3.63) is 96.2 Å². The van der Waals surface area contributed by atoms with Crippen LogP contribution in [0.2, 0.25) is 0 Å². The Morgan fingerprint density at radius 1 is 1.05 bits per heavy atom. The molecule has 1 atom stereocenters. The number of benzene rings is 1. The Labute approximate surface area is 210 Å². The Balaban J connectivity index is 1.22. The van der Waals surface area contributed by atoms with Gasteiger partial charge in [0.2, 0.25) is 0 Å². The molecule has 0 amide bonds. The van der Waals surface area contributed by atoms with Crippen molar-refractivity contribution in [2.45, 2.75) is 18.9 Å². The van der Waals surface area contributed by atoms with Crippen molar-refractivity contribution >= 4 is 16.9 Å². The lowest BCUT2D eigenvalue weighted by Gasteiger charge is -2.28. The van der Waals surface area contributed by atoms with Crippen LogP contribution >= 0.6 is 0 Å². The summed E-state index contributed by atoms with van der Waals surface area (Å²) in [6, 6.07) is 5.42. The third-order valence-electron chi connectivity index (χ3n) is 6.76. The summed E-state index contributed by atoms with van der Waals surface area (Å²) in [7, 11) is 0. The summed E-state index contributed by atoms with van der Waals surface area (Å²) in [6.07, 6.45) is 13.1. The third-order valence-corrected chi connectivity index (χ3v) is 6.76. The van der Waals surface area contributed by atoms with E-state index in [0.29, 0.717) is 17.9 Å². The summed E-state index contributed by atoms with van der Waals surface area (Å²) in [5, 5.41) is 11.2. The lowest BCUT2D eigenvalue weighted by Crippen LogP contribution is -2.35. The molecule has 4 aromatic heterocycles. The second kappa shape index (κ2) is 8.86. The van der Waals surface area contributed by atoms with E-state index >= 15 is 0 Å². The monoisotopic (exact) mass is 499 g/mol. The van der Waals surface area contributed by atoms with Crippen LogP contribution in [-0.2, 0) is 5.54 Å². The fourth-order valence-corrected chi connectivity index (χ4v) is 4.62. The fourth-order valence-electron chi connectivity index (χ4n) is 4.62. The number of anilines is 1. The van der Waals surface area contributed by atoms with E-state index in [-0.39, 0.29) is 5.56 Å². The van der Waals surface area contributed by atoms with Crippen molar-refractivity contribution in [2.24, 2.45) is 5.73 Å². The first-order valence-electron chi connectivity index (χ1n) is 11.7. The highest BCUT2D eigenvalue weighted by atomic mass is 19.1. The zero-order valence-corrected chi connectivity index (χ0v) is 19.9. The van der Waals surface area contributed by atoms with Crippen molar-refractivity contribution in [1.29, 1.82) is 0 Å². The number of aromatic nitrogens is 7. The number of halogens is 2. The van der Waals surface area contributed by atoms with Gasteiger partial charge in [-0.1, -0.05) is 12.1 Å². The van der Waals surface area contributed by atoms with Gasteiger partial charge in [-0.05, 0) is 31.1 Å². The van der Waals surface area contributed by atoms with Gasteiger partial charge in [-0.3, -0.25) is 5.10 Å². The zero-order chi connectivity index (χ0) is 25.6. The number of rotatable bonds is 5. The minimum Gasteiger partial charge on any atom is -0.351 e. The van der Waals surface area contributed by atoms with Crippen LogP contribution in [-0.4, -0.2) is 47.9 Å². The largest absolute Gasteiger partial charge is 0.351 e. The molecule has 0 fully saturated rings. The van der Waals surface area contributed by atoms with Gasteiger partial charge in [0.1, 0.15) is 23.5 Å². The van der Waals surface area contributed by atoms with Crippen molar-refractivity contribution in [3.8, 4) is 11.1 Å². The molecule has 37 heavy (non-hydrogen) atoms. The summed E-state index contributed by atoms with van der Waals surface area (Å²) in [5.41, 5.74) is 9.82. The average Bonchev–Trinajstić information content (AvgIpc) is 3.59. The highest BCUT2D eigenvalue weighted by Crippen LogP contribution is 2.31. The molecule has 186 valence electrons. The molecule has 0 saturated carbocycles. The maximum Gasteiger partial charge on any atom is 0.156 e. The quantitative estimate of drug-likeness (QED) is 0.379. The van der Waals surface area contributed by atoms with Crippen molar-refractivity contribution in [1.82, 2.24) is 34.8 Å². The van der Waals surface area contributed by atoms with Gasteiger partial charge in [-0.2, -0.15) is 10.2 Å². The highest BCUT2D eigenvalue weighted by Gasteiger charge is 2.28. The van der Waals surface area contributed by atoms with Gasteiger partial charge < -0.3 is 10.6 Å². The molecule has 3 N–H and O–H groups in total. The molecule has 0 radical (unpaired) electrons. The van der Waals surface area contributed by atoms with Gasteiger partial charge in [0.25, 0.3) is 0 Å². The SMILES string of the molecule is CC(N)(c1cnc(C2=CCN(c3ncnn4cc(-c5cn[nH]c5)cc34)CC2)nc1)c1ccc(F)cc1F. The summed E-state index contributed by atoms with van der Waals surface area (Å²) >= 11 is 0. The number of fused-ring (bicyclic) bond motifs is 1. The first kappa shape index (κ1) is 22.9. The average molecular weight is 500 g/mol. The predicted octanol–water partition coefficient (Wildman–Crippen LogP) is 3.70. The second-order valence-corrected chi connectivity index (χ2v) is 9.18. The van der Waals surface area contributed by atoms with Gasteiger partial charge in [0.15, 0.2) is 11.6 Å². The minimum atomic E-state index is -1.21. The molecule has 9 nitrogen and oxygen atoms in total. The molecular weight excluding hydrogens is 476 g/mol. The summed E-state index contributed by atoms with van der Waals surface area (Å²) < 4.78 is 29.5. The van der Waals surface area contributed by atoms with E-state index in [0.717, 1.165) is 47.1 Å². The van der Waals surface area contributed by atoms with Gasteiger partial charge >= 0.3 is 0 Å². The normalized spacial score (nSPS) is 15.6. The van der Waals surface area contributed by atoms with Gasteiger partial charge in [0, 0.05) is 66.2 Å². The van der Waals surface area contributed by atoms with Crippen molar-refractivity contribution in [2.75, 3.05) is 18.0 Å². The van der Waals surface area contributed by atoms with E-state index in [1.807, 2.05) is 16.9 Å². The van der Waals surface area contributed by atoms with Crippen LogP contribution in [0.4, 0.5) is 14.6 Å². The van der Waals surface area contributed by atoms with Crippen LogP contribution in [0.3, 0.4) is 0 Å². The number of hydrogen-bond donors (Lipinski definition) is 2. The molecule has 0 bridgehead atoms. The number of nitrogens with one attached hydrogen (secondary N) is 1. The molecule has 0 spiro atoms. The molecule has 5 aromatic rings. The van der Waals surface area contributed by atoms with Crippen molar-refractivity contribution < 1.29 is 8.78 Å². The van der Waals surface area contributed by atoms with Gasteiger partial charge in [-0.15, -0.1) is 0 Å². The van der Waals surface area contributed by atoms with Gasteiger partial charge in [0.05, 0.1) is 11.7 Å². The summed E-state index contributed by atoms with van der Waals surface area (Å²) in [6.45, 7) is 3.02. The molecule has 1 unspecified atom stereocenters. The van der Waals surface area contributed by atoms with E-state index in [4.69, 9.17) is 5.73 Å². The molecule has 11 heteroatoms. The standard InChI is InChI=1S/C26H23F2N9/c1-26(29,21-3-2-20(27)9-22(21)28)19-12-30-24(31-13-19)16-4-6-36(7-5-16)25-23-8-17(18-10-33-34-11-18)14-37(23)35-15-32-25/h2-4,8-15H,5-7,29H2,1H3,(H,33,34). The van der Waals surface area contributed by atoms with E-state index in [1.54, 1.807) is 31.8 Å². The van der Waals surface area contributed by atoms with E-state index in [1.165, 1.54) is 12.1 Å². The second-order valence-electron chi connectivity index (χ2n) is 9.18. The topological polar surface area (TPSA) is 114 Å². The first-order chi connectivity index (χ1) is 17.9. The Hall–Kier alpha value is -4.51. The van der Waals surface area contributed by atoms with Crippen LogP contribution in [0.15, 0.2) is 67.7 Å². The molecule has 1 aromatic carbocycles. The van der Waals surface area contributed by atoms with Crippen LogP contribution in [0.1, 0.15) is 30.3 Å². The van der Waals surface area contributed by atoms with Crippen LogP contribution in [0, 0.1) is 11.6 Å². The lowest BCUT2D eigenvalue weighted by atomic mass is 9.87. The molecule has 0 saturated heterocycles. The predicted molar refractivity (Wildman–Crippen MR) is 134 cm³/mol. The number of H-pyrrole nitrogens is 1. The molecule has 1 aliphatic rings. The maximum absolute atomic E-state index is 14.4. The Bertz CT molecular complexity index is 1610. The van der Waals surface area contributed by atoms with Crippen LogP contribution < -0.4 is 10.6 Å². The molecule has 1 aliphatic heterocycles. The Morgan fingerprint density at radius 2 is 1.89 bits per heavy atom. The highest BCUT2D eigenvalue weighted by molar-refractivity contribution is 5.78. The third kappa shape index (κ3) is 4.12. The summed E-state index contributed by atoms with van der Waals surface area (Å²) in [4.78, 5) is 15.7. The van der Waals surface area contributed by atoms with E-state index in [9.17, 15) is 8.78 Å². The van der Waals surface area contributed by atoms with Gasteiger partial charge in [-0.25, -0.2) is 28.2 Å². The molecule has 6 rings (SSSR count). The number of nitrogens with zero attached hydrogens (tertiary/aromatic N) is 7. The number of nitrogens with two attached hydrogens (primary N) is 1. The van der Waals surface area contributed by atoms with E-state index < -0.39 is 17.2 Å². The smallest absolute Gasteiger partial charge is 0.156 e. The minimum absolute atomic E-state index is 0.176. The molecular formula is C26H23F2N9. The number of aromatic amines is 1. The molecule has 5 heterocycles. The lowest BCUT2D eigenvalue weighted by molar-refractivity contribution is 0.515. The number of hydrogen-bond acceptors (Lipinski definition) is 7. The molecule has 0 aliphatic carbocycles. The Morgan fingerprint density at radius 3 is 2.59 bits per heavy atom. The Kier molecular flexibility index (Phi) is 5.49. The van der Waals surface area contributed by atoms with Crippen LogP contribution in [0.25, 0.3) is 22.2 Å². The maximum atomic E-state index is 14.4. The van der Waals surface area contributed by atoms with E-state index in [2.05, 4.69) is 47.3 Å². The van der Waals surface area contributed by atoms with Crippen LogP contribution in [0.5, 0.6) is 0 Å².